The molecular weight excluding hydrogens is 252 g/mol. The van der Waals surface area contributed by atoms with Crippen molar-refractivity contribution in [2.75, 3.05) is 37.0 Å². The Hall–Kier alpha value is -1.36. The molecule has 0 amide bonds. The van der Waals surface area contributed by atoms with Crippen molar-refractivity contribution in [2.24, 2.45) is 5.92 Å². The molecule has 1 aliphatic rings. The van der Waals surface area contributed by atoms with E-state index in [0.717, 1.165) is 36.5 Å². The van der Waals surface area contributed by atoms with Crippen molar-refractivity contribution in [1.82, 2.24) is 9.97 Å². The predicted molar refractivity (Wildman–Crippen MR) is 82.1 cm³/mol. The fourth-order valence-electron chi connectivity index (χ4n) is 2.64. The van der Waals surface area contributed by atoms with Crippen molar-refractivity contribution in [3.63, 3.8) is 0 Å². The minimum Gasteiger partial charge on any atom is -0.374 e. The van der Waals surface area contributed by atoms with Gasteiger partial charge >= 0.3 is 0 Å². The Morgan fingerprint density at radius 2 is 2.25 bits per heavy atom. The molecule has 0 bridgehead atoms. The summed E-state index contributed by atoms with van der Waals surface area (Å²) in [6, 6.07) is 2.04. The van der Waals surface area contributed by atoms with E-state index in [-0.39, 0.29) is 0 Å². The average molecular weight is 278 g/mol. The third kappa shape index (κ3) is 3.82. The van der Waals surface area contributed by atoms with Crippen molar-refractivity contribution in [2.45, 2.75) is 39.7 Å². The highest BCUT2D eigenvalue weighted by Gasteiger charge is 2.20. The quantitative estimate of drug-likeness (QED) is 0.867. The van der Waals surface area contributed by atoms with Crippen LogP contribution in [0.5, 0.6) is 0 Å². The van der Waals surface area contributed by atoms with Gasteiger partial charge in [0, 0.05) is 32.8 Å². The molecule has 0 radical (unpaired) electrons. The molecule has 2 heterocycles. The maximum Gasteiger partial charge on any atom is 0.158 e. The first-order valence-electron chi connectivity index (χ1n) is 7.65. The van der Waals surface area contributed by atoms with E-state index in [1.165, 1.54) is 19.3 Å². The second-order valence-electron chi connectivity index (χ2n) is 5.28. The number of piperidine rings is 1. The number of aromatic nitrogens is 2. The summed E-state index contributed by atoms with van der Waals surface area (Å²) in [4.78, 5) is 11.5. The summed E-state index contributed by atoms with van der Waals surface area (Å²) in [5.74, 6) is 3.43. The first kappa shape index (κ1) is 15.0. The number of nitrogens with one attached hydrogen (secondary N) is 1. The van der Waals surface area contributed by atoms with Crippen LogP contribution in [0.4, 0.5) is 11.6 Å². The fourth-order valence-corrected chi connectivity index (χ4v) is 2.64. The summed E-state index contributed by atoms with van der Waals surface area (Å²) < 4.78 is 5.43. The molecule has 1 aliphatic heterocycles. The Morgan fingerprint density at radius 1 is 1.40 bits per heavy atom. The second-order valence-corrected chi connectivity index (χ2v) is 5.28. The molecule has 5 heteroatoms. The van der Waals surface area contributed by atoms with Gasteiger partial charge in [-0.3, -0.25) is 0 Å². The lowest BCUT2D eigenvalue weighted by atomic mass is 9.96. The maximum atomic E-state index is 5.43. The fraction of sp³-hybridized carbons (Fsp3) is 0.733. The highest BCUT2D eigenvalue weighted by Crippen LogP contribution is 2.25. The molecule has 112 valence electrons. The van der Waals surface area contributed by atoms with Crippen LogP contribution in [0, 0.1) is 5.92 Å². The molecule has 1 aromatic heterocycles. The van der Waals surface area contributed by atoms with Gasteiger partial charge in [-0.1, -0.05) is 13.3 Å². The van der Waals surface area contributed by atoms with Gasteiger partial charge in [0.1, 0.15) is 18.2 Å². The zero-order chi connectivity index (χ0) is 14.4. The van der Waals surface area contributed by atoms with Gasteiger partial charge in [0.15, 0.2) is 5.82 Å². The normalized spacial score (nSPS) is 19.1. The Balaban J connectivity index is 2.16. The number of hydrogen-bond acceptors (Lipinski definition) is 5. The van der Waals surface area contributed by atoms with Crippen LogP contribution in [0.2, 0.25) is 0 Å². The summed E-state index contributed by atoms with van der Waals surface area (Å²) >= 11 is 0. The molecule has 0 aromatic carbocycles. The van der Waals surface area contributed by atoms with E-state index in [1.54, 1.807) is 0 Å². The second kappa shape index (κ2) is 7.43. The van der Waals surface area contributed by atoms with Crippen LogP contribution in [0.1, 0.15) is 38.9 Å². The van der Waals surface area contributed by atoms with E-state index in [0.29, 0.717) is 13.2 Å². The van der Waals surface area contributed by atoms with E-state index in [2.05, 4.69) is 27.1 Å². The van der Waals surface area contributed by atoms with Crippen molar-refractivity contribution in [1.29, 1.82) is 0 Å². The third-order valence-corrected chi connectivity index (χ3v) is 3.87. The van der Waals surface area contributed by atoms with Gasteiger partial charge in [-0.05, 0) is 25.7 Å². The average Bonchev–Trinajstić information content (AvgIpc) is 2.52. The van der Waals surface area contributed by atoms with Gasteiger partial charge in [-0.15, -0.1) is 0 Å². The zero-order valence-corrected chi connectivity index (χ0v) is 12.9. The lowest BCUT2D eigenvalue weighted by Crippen LogP contribution is -2.36. The molecule has 2 rings (SSSR count). The van der Waals surface area contributed by atoms with Crippen molar-refractivity contribution < 1.29 is 4.74 Å². The highest BCUT2D eigenvalue weighted by atomic mass is 16.5. The monoisotopic (exact) mass is 278 g/mol. The van der Waals surface area contributed by atoms with Crippen LogP contribution in [0.3, 0.4) is 0 Å². The first-order chi connectivity index (χ1) is 9.76. The minimum absolute atomic E-state index is 0.476. The Labute approximate surface area is 121 Å². The topological polar surface area (TPSA) is 50.3 Å². The Morgan fingerprint density at radius 3 is 2.95 bits per heavy atom. The van der Waals surface area contributed by atoms with Gasteiger partial charge in [0.25, 0.3) is 0 Å². The first-order valence-corrected chi connectivity index (χ1v) is 7.65. The van der Waals surface area contributed by atoms with Gasteiger partial charge in [0.2, 0.25) is 0 Å². The summed E-state index contributed by atoms with van der Waals surface area (Å²) in [7, 11) is 1.89. The van der Waals surface area contributed by atoms with Crippen LogP contribution in [0.25, 0.3) is 0 Å². The molecule has 0 aliphatic carbocycles. The zero-order valence-electron chi connectivity index (χ0n) is 12.9. The number of rotatable bonds is 6. The van der Waals surface area contributed by atoms with Crippen LogP contribution >= 0.6 is 0 Å². The molecule has 1 fully saturated rings. The van der Waals surface area contributed by atoms with Crippen LogP contribution in [-0.2, 0) is 11.3 Å². The Bertz CT molecular complexity index is 424. The maximum absolute atomic E-state index is 5.43. The van der Waals surface area contributed by atoms with Crippen molar-refractivity contribution >= 4 is 11.6 Å². The van der Waals surface area contributed by atoms with E-state index in [9.17, 15) is 0 Å². The summed E-state index contributed by atoms with van der Waals surface area (Å²) in [5, 5.41) is 3.12. The van der Waals surface area contributed by atoms with E-state index >= 15 is 0 Å². The summed E-state index contributed by atoms with van der Waals surface area (Å²) in [6.45, 7) is 7.61. The van der Waals surface area contributed by atoms with E-state index < -0.39 is 0 Å². The molecule has 0 spiro atoms. The molecule has 1 atom stereocenters. The smallest absolute Gasteiger partial charge is 0.158 e. The van der Waals surface area contributed by atoms with Crippen LogP contribution in [0.15, 0.2) is 6.07 Å². The molecular formula is C15H26N4O. The lowest BCUT2D eigenvalue weighted by Gasteiger charge is -2.33. The van der Waals surface area contributed by atoms with Gasteiger partial charge < -0.3 is 15.0 Å². The van der Waals surface area contributed by atoms with E-state index in [1.807, 2.05) is 20.0 Å². The van der Waals surface area contributed by atoms with Gasteiger partial charge in [0.05, 0.1) is 0 Å². The molecule has 1 unspecified atom stereocenters. The lowest BCUT2D eigenvalue weighted by molar-refractivity contribution is 0.128. The van der Waals surface area contributed by atoms with Gasteiger partial charge in [-0.2, -0.15) is 0 Å². The molecule has 1 aromatic rings. The highest BCUT2D eigenvalue weighted by molar-refractivity contribution is 5.49. The van der Waals surface area contributed by atoms with Crippen molar-refractivity contribution in [3.8, 4) is 0 Å². The third-order valence-electron chi connectivity index (χ3n) is 3.87. The molecule has 0 saturated carbocycles. The SMILES string of the molecule is CCOCc1nc(NC)cc(N2CCCC(CC)C2)n1. The van der Waals surface area contributed by atoms with Crippen LogP contribution in [-0.4, -0.2) is 36.7 Å². The predicted octanol–water partition coefficient (Wildman–Crippen LogP) is 2.68. The standard InChI is InChI=1S/C15H26N4O/c1-4-12-7-6-8-19(10-12)15-9-13(16-3)17-14(18-15)11-20-5-2/h9,12H,4-8,10-11H2,1-3H3,(H,16,17,18). The number of ether oxygens (including phenoxy) is 1. The number of anilines is 2. The summed E-state index contributed by atoms with van der Waals surface area (Å²) in [5.41, 5.74) is 0. The largest absolute Gasteiger partial charge is 0.374 e. The number of hydrogen-bond donors (Lipinski definition) is 1. The van der Waals surface area contributed by atoms with Crippen molar-refractivity contribution in [3.05, 3.63) is 11.9 Å². The Kier molecular flexibility index (Phi) is 5.59. The number of nitrogens with zero attached hydrogens (tertiary/aromatic N) is 3. The summed E-state index contributed by atoms with van der Waals surface area (Å²) in [6.07, 6.45) is 3.83. The molecule has 1 saturated heterocycles. The molecule has 1 N–H and O–H groups in total. The van der Waals surface area contributed by atoms with Gasteiger partial charge in [-0.25, -0.2) is 9.97 Å². The van der Waals surface area contributed by atoms with E-state index in [4.69, 9.17) is 4.74 Å². The molecule has 5 nitrogen and oxygen atoms in total. The van der Waals surface area contributed by atoms with Crippen LogP contribution < -0.4 is 10.2 Å². The minimum atomic E-state index is 0.476. The molecule has 20 heavy (non-hydrogen) atoms.